The third-order valence-corrected chi connectivity index (χ3v) is 7.14. The highest BCUT2D eigenvalue weighted by Crippen LogP contribution is 2.29. The molecule has 0 fully saturated rings. The molecule has 0 atom stereocenters. The van der Waals surface area contributed by atoms with Crippen molar-refractivity contribution in [2.45, 2.75) is 25.2 Å². The van der Waals surface area contributed by atoms with Crippen LogP contribution in [0.25, 0.3) is 0 Å². The van der Waals surface area contributed by atoms with E-state index in [-0.39, 0.29) is 16.3 Å². The zero-order valence-corrected chi connectivity index (χ0v) is 22.0. The molecule has 0 saturated heterocycles. The standard InChI is InChI=1S/C26H28N4O7S/c1-4-15-37-23-10-6-20(7-11-23)17-27-28-26(31)18-29(21-8-12-22(36-3)13-9-21)38(34,35)24-14-5-19(2)25(16-24)30(32)33/h5-14,16-17H,4,15,18H2,1-3H3,(H,28,31)/b27-17-. The van der Waals surface area contributed by atoms with Crippen LogP contribution in [0.2, 0.25) is 0 Å². The molecular formula is C26H28N4O7S. The van der Waals surface area contributed by atoms with E-state index >= 15 is 0 Å². The zero-order chi connectivity index (χ0) is 27.7. The lowest BCUT2D eigenvalue weighted by atomic mass is 10.2. The summed E-state index contributed by atoms with van der Waals surface area (Å²) in [5.41, 5.74) is 3.14. The van der Waals surface area contributed by atoms with Crippen molar-refractivity contribution < 1.29 is 27.6 Å². The fourth-order valence-corrected chi connectivity index (χ4v) is 4.79. The summed E-state index contributed by atoms with van der Waals surface area (Å²) in [7, 11) is -2.91. The van der Waals surface area contributed by atoms with Gasteiger partial charge in [0.2, 0.25) is 0 Å². The van der Waals surface area contributed by atoms with Gasteiger partial charge in [-0.3, -0.25) is 19.2 Å². The molecular weight excluding hydrogens is 512 g/mol. The first-order valence-corrected chi connectivity index (χ1v) is 13.1. The molecule has 0 aliphatic heterocycles. The lowest BCUT2D eigenvalue weighted by Crippen LogP contribution is -2.39. The third kappa shape index (κ3) is 7.07. The average Bonchev–Trinajstić information content (AvgIpc) is 2.91. The van der Waals surface area contributed by atoms with E-state index in [4.69, 9.17) is 9.47 Å². The largest absolute Gasteiger partial charge is 0.497 e. The van der Waals surface area contributed by atoms with Crippen molar-refractivity contribution in [1.29, 1.82) is 0 Å². The predicted molar refractivity (Wildman–Crippen MR) is 143 cm³/mol. The van der Waals surface area contributed by atoms with E-state index in [9.17, 15) is 23.3 Å². The van der Waals surface area contributed by atoms with Crippen molar-refractivity contribution in [2.24, 2.45) is 5.10 Å². The van der Waals surface area contributed by atoms with Gasteiger partial charge >= 0.3 is 0 Å². The number of carbonyl (C=O) groups is 1. The summed E-state index contributed by atoms with van der Waals surface area (Å²) in [6, 6.07) is 16.7. The lowest BCUT2D eigenvalue weighted by molar-refractivity contribution is -0.385. The summed E-state index contributed by atoms with van der Waals surface area (Å²) in [4.78, 5) is 23.1. The van der Waals surface area contributed by atoms with Crippen LogP contribution in [0.4, 0.5) is 11.4 Å². The van der Waals surface area contributed by atoms with E-state index in [0.717, 1.165) is 16.8 Å². The summed E-state index contributed by atoms with van der Waals surface area (Å²) < 4.78 is 38.6. The molecule has 12 heteroatoms. The number of nitro groups is 1. The maximum absolute atomic E-state index is 13.6. The fraction of sp³-hybridized carbons (Fsp3) is 0.231. The molecule has 0 spiro atoms. The minimum atomic E-state index is -4.37. The highest BCUT2D eigenvalue weighted by molar-refractivity contribution is 7.92. The fourth-order valence-electron chi connectivity index (χ4n) is 3.35. The SMILES string of the molecule is CCCOc1ccc(/C=N\NC(=O)CN(c2ccc(OC)cc2)S(=O)(=O)c2ccc(C)c([N+](=O)[O-])c2)cc1. The third-order valence-electron chi connectivity index (χ3n) is 5.37. The Morgan fingerprint density at radius 3 is 2.34 bits per heavy atom. The van der Waals surface area contributed by atoms with Crippen molar-refractivity contribution in [3.8, 4) is 11.5 Å². The molecule has 0 unspecified atom stereocenters. The number of aryl methyl sites for hydroxylation is 1. The smallest absolute Gasteiger partial charge is 0.273 e. The number of sulfonamides is 1. The molecule has 11 nitrogen and oxygen atoms in total. The number of carbonyl (C=O) groups excluding carboxylic acids is 1. The van der Waals surface area contributed by atoms with Gasteiger partial charge in [-0.25, -0.2) is 13.8 Å². The number of ether oxygens (including phenoxy) is 2. The van der Waals surface area contributed by atoms with Gasteiger partial charge in [0.25, 0.3) is 21.6 Å². The Kier molecular flexibility index (Phi) is 9.39. The van der Waals surface area contributed by atoms with E-state index in [1.54, 1.807) is 36.4 Å². The number of rotatable bonds is 12. The van der Waals surface area contributed by atoms with Crippen LogP contribution in [0.3, 0.4) is 0 Å². The van der Waals surface area contributed by atoms with Gasteiger partial charge in [0.1, 0.15) is 18.0 Å². The van der Waals surface area contributed by atoms with Gasteiger partial charge in [0, 0.05) is 11.6 Å². The number of nitrogens with one attached hydrogen (secondary N) is 1. The monoisotopic (exact) mass is 540 g/mol. The number of hydrazone groups is 1. The van der Waals surface area contributed by atoms with Crippen molar-refractivity contribution in [3.05, 3.63) is 88.0 Å². The minimum Gasteiger partial charge on any atom is -0.497 e. The van der Waals surface area contributed by atoms with Gasteiger partial charge in [0.05, 0.1) is 35.4 Å². The number of hydrogen-bond donors (Lipinski definition) is 1. The molecule has 0 aromatic heterocycles. The number of methoxy groups -OCH3 is 1. The second kappa shape index (κ2) is 12.7. The highest BCUT2D eigenvalue weighted by atomic mass is 32.2. The van der Waals surface area contributed by atoms with Crippen LogP contribution in [0.1, 0.15) is 24.5 Å². The molecule has 3 aromatic carbocycles. The zero-order valence-electron chi connectivity index (χ0n) is 21.2. The summed E-state index contributed by atoms with van der Waals surface area (Å²) in [6.45, 7) is 3.49. The van der Waals surface area contributed by atoms with Crippen molar-refractivity contribution >= 4 is 33.5 Å². The van der Waals surface area contributed by atoms with Gasteiger partial charge in [-0.05, 0) is 73.5 Å². The number of benzene rings is 3. The topological polar surface area (TPSA) is 140 Å². The molecule has 0 bridgehead atoms. The van der Waals surface area contributed by atoms with Gasteiger partial charge in [-0.2, -0.15) is 5.10 Å². The lowest BCUT2D eigenvalue weighted by Gasteiger charge is -2.24. The van der Waals surface area contributed by atoms with Crippen LogP contribution < -0.4 is 19.2 Å². The number of nitrogens with zero attached hydrogens (tertiary/aromatic N) is 3. The number of amides is 1. The average molecular weight is 541 g/mol. The van der Waals surface area contributed by atoms with Crippen molar-refractivity contribution in [2.75, 3.05) is 24.6 Å². The Morgan fingerprint density at radius 2 is 1.74 bits per heavy atom. The molecule has 200 valence electrons. The Bertz CT molecular complexity index is 1410. The summed E-state index contributed by atoms with van der Waals surface area (Å²) in [5.74, 6) is 0.479. The van der Waals surface area contributed by atoms with Gasteiger partial charge in [-0.15, -0.1) is 0 Å². The molecule has 0 radical (unpaired) electrons. The van der Waals surface area contributed by atoms with Crippen LogP contribution in [0.15, 0.2) is 76.7 Å². The predicted octanol–water partition coefficient (Wildman–Crippen LogP) is 4.05. The van der Waals surface area contributed by atoms with E-state index < -0.39 is 27.4 Å². The number of anilines is 1. The van der Waals surface area contributed by atoms with Crippen molar-refractivity contribution in [1.82, 2.24) is 5.43 Å². The van der Waals surface area contributed by atoms with Crippen molar-refractivity contribution in [3.63, 3.8) is 0 Å². The highest BCUT2D eigenvalue weighted by Gasteiger charge is 2.29. The van der Waals surface area contributed by atoms with Crippen LogP contribution >= 0.6 is 0 Å². The first-order valence-electron chi connectivity index (χ1n) is 11.6. The van der Waals surface area contributed by atoms with E-state index in [1.165, 1.54) is 44.5 Å². The molecule has 38 heavy (non-hydrogen) atoms. The first kappa shape index (κ1) is 28.1. The molecule has 0 aliphatic carbocycles. The molecule has 1 N–H and O–H groups in total. The van der Waals surface area contributed by atoms with E-state index in [1.807, 2.05) is 6.92 Å². The first-order chi connectivity index (χ1) is 18.1. The quantitative estimate of drug-likeness (QED) is 0.208. The minimum absolute atomic E-state index is 0.163. The van der Waals surface area contributed by atoms with Crippen LogP contribution in [0.5, 0.6) is 11.5 Å². The maximum atomic E-state index is 13.6. The molecule has 3 aromatic rings. The number of nitro benzene ring substituents is 1. The Labute approximate surface area is 220 Å². The summed E-state index contributed by atoms with van der Waals surface area (Å²) in [5, 5.41) is 15.3. The Hall–Kier alpha value is -4.45. The summed E-state index contributed by atoms with van der Waals surface area (Å²) in [6.07, 6.45) is 2.30. The van der Waals surface area contributed by atoms with Gasteiger partial charge in [0.15, 0.2) is 0 Å². The number of hydrogen-bond acceptors (Lipinski definition) is 8. The Morgan fingerprint density at radius 1 is 1.08 bits per heavy atom. The Balaban J connectivity index is 1.83. The van der Waals surface area contributed by atoms with Crippen LogP contribution in [-0.2, 0) is 14.8 Å². The van der Waals surface area contributed by atoms with Gasteiger partial charge in [-0.1, -0.05) is 13.0 Å². The maximum Gasteiger partial charge on any atom is 0.273 e. The molecule has 0 heterocycles. The van der Waals surface area contributed by atoms with Gasteiger partial charge < -0.3 is 9.47 Å². The second-order valence-electron chi connectivity index (χ2n) is 8.13. The summed E-state index contributed by atoms with van der Waals surface area (Å²) >= 11 is 0. The molecule has 3 rings (SSSR count). The molecule has 0 saturated carbocycles. The van der Waals surface area contributed by atoms with E-state index in [0.29, 0.717) is 29.2 Å². The normalized spacial score (nSPS) is 11.2. The van der Waals surface area contributed by atoms with Crippen LogP contribution in [0, 0.1) is 17.0 Å². The molecule has 0 aliphatic rings. The van der Waals surface area contributed by atoms with Crippen LogP contribution in [-0.4, -0.2) is 45.7 Å². The van der Waals surface area contributed by atoms with E-state index in [2.05, 4.69) is 10.5 Å². The molecule has 1 amide bonds. The second-order valence-corrected chi connectivity index (χ2v) is 9.99.